The van der Waals surface area contributed by atoms with Crippen LogP contribution in [0.4, 0.5) is 4.39 Å². The molecule has 84 valence electrons. The summed E-state index contributed by atoms with van der Waals surface area (Å²) in [7, 11) is 0. The van der Waals surface area contributed by atoms with E-state index in [4.69, 9.17) is 16.3 Å². The maximum Gasteiger partial charge on any atom is 0.142 e. The lowest BCUT2D eigenvalue weighted by Gasteiger charge is -2.12. The van der Waals surface area contributed by atoms with Crippen LogP contribution in [0.15, 0.2) is 18.2 Å². The van der Waals surface area contributed by atoms with Crippen molar-refractivity contribution >= 4 is 11.6 Å². The fraction of sp³-hybridized carbons (Fsp3) is 0.455. The average molecular weight is 233 g/mol. The lowest BCUT2D eigenvalue weighted by atomic mass is 10.1. The molecule has 0 saturated carbocycles. The Hall–Kier alpha value is -0.640. The van der Waals surface area contributed by atoms with E-state index in [0.29, 0.717) is 12.2 Å². The van der Waals surface area contributed by atoms with Crippen molar-refractivity contribution in [3.05, 3.63) is 34.6 Å². The molecule has 0 aliphatic rings. The van der Waals surface area contributed by atoms with Gasteiger partial charge in [-0.2, -0.15) is 0 Å². The van der Waals surface area contributed by atoms with Crippen molar-refractivity contribution in [1.29, 1.82) is 0 Å². The third-order valence-corrected chi connectivity index (χ3v) is 2.36. The van der Waals surface area contributed by atoms with Crippen LogP contribution >= 0.6 is 11.6 Å². The molecule has 1 aromatic rings. The molecule has 15 heavy (non-hydrogen) atoms. The third-order valence-electron chi connectivity index (χ3n) is 1.96. The second-order valence-electron chi connectivity index (χ2n) is 3.23. The lowest BCUT2D eigenvalue weighted by molar-refractivity contribution is 0.0363. The van der Waals surface area contributed by atoms with Crippen molar-refractivity contribution in [2.45, 2.75) is 19.4 Å². The highest BCUT2D eigenvalue weighted by Gasteiger charge is 2.14. The fourth-order valence-electron chi connectivity index (χ4n) is 1.21. The predicted molar refractivity (Wildman–Crippen MR) is 57.5 cm³/mol. The van der Waals surface area contributed by atoms with E-state index in [0.717, 1.165) is 6.42 Å². The molecule has 0 heterocycles. The summed E-state index contributed by atoms with van der Waals surface area (Å²) in [5.41, 5.74) is 0.368. The van der Waals surface area contributed by atoms with Crippen LogP contribution in [0.2, 0.25) is 5.02 Å². The third kappa shape index (κ3) is 3.45. The first-order valence-electron chi connectivity index (χ1n) is 4.86. The highest BCUT2D eigenvalue weighted by Crippen LogP contribution is 2.25. The quantitative estimate of drug-likeness (QED) is 0.791. The molecule has 1 N–H and O–H groups in total. The molecule has 0 aliphatic carbocycles. The van der Waals surface area contributed by atoms with Gasteiger partial charge in [0.2, 0.25) is 0 Å². The van der Waals surface area contributed by atoms with Crippen molar-refractivity contribution in [3.8, 4) is 0 Å². The molecule has 0 saturated heterocycles. The van der Waals surface area contributed by atoms with Crippen LogP contribution in [0.3, 0.4) is 0 Å². The maximum atomic E-state index is 13.0. The molecule has 4 heteroatoms. The first kappa shape index (κ1) is 12.4. The molecule has 0 aliphatic heterocycles. The monoisotopic (exact) mass is 232 g/mol. The lowest BCUT2D eigenvalue weighted by Crippen LogP contribution is -2.08. The standard InChI is InChI=1S/C11H14ClFO2/c1-2-6-15-7-10(14)8-4-3-5-9(13)11(8)12/h3-5,10,14H,2,6-7H2,1H3. The van der Waals surface area contributed by atoms with Gasteiger partial charge >= 0.3 is 0 Å². The average Bonchev–Trinajstić information content (AvgIpc) is 2.22. The normalized spacial score (nSPS) is 12.8. The number of halogens is 2. The van der Waals surface area contributed by atoms with Crippen molar-refractivity contribution < 1.29 is 14.2 Å². The second-order valence-corrected chi connectivity index (χ2v) is 3.61. The van der Waals surface area contributed by atoms with Crippen LogP contribution in [-0.4, -0.2) is 18.3 Å². The zero-order valence-corrected chi connectivity index (χ0v) is 9.30. The van der Waals surface area contributed by atoms with Gasteiger partial charge in [0.1, 0.15) is 11.9 Å². The Morgan fingerprint density at radius 1 is 1.53 bits per heavy atom. The van der Waals surface area contributed by atoms with Gasteiger partial charge < -0.3 is 9.84 Å². The first-order valence-corrected chi connectivity index (χ1v) is 5.24. The van der Waals surface area contributed by atoms with E-state index in [9.17, 15) is 9.50 Å². The Balaban J connectivity index is 2.65. The number of benzene rings is 1. The topological polar surface area (TPSA) is 29.5 Å². The van der Waals surface area contributed by atoms with E-state index < -0.39 is 11.9 Å². The van der Waals surface area contributed by atoms with Crippen LogP contribution < -0.4 is 0 Å². The van der Waals surface area contributed by atoms with E-state index in [2.05, 4.69) is 0 Å². The Labute approximate surface area is 93.6 Å². The van der Waals surface area contributed by atoms with E-state index in [1.165, 1.54) is 12.1 Å². The van der Waals surface area contributed by atoms with Gasteiger partial charge in [0, 0.05) is 12.2 Å². The zero-order chi connectivity index (χ0) is 11.3. The summed E-state index contributed by atoms with van der Waals surface area (Å²) in [4.78, 5) is 0. The Morgan fingerprint density at radius 2 is 2.27 bits per heavy atom. The molecule has 1 aromatic carbocycles. The van der Waals surface area contributed by atoms with Gasteiger partial charge in [-0.25, -0.2) is 4.39 Å². The van der Waals surface area contributed by atoms with E-state index >= 15 is 0 Å². The smallest absolute Gasteiger partial charge is 0.142 e. The molecule has 0 aromatic heterocycles. The molecule has 0 radical (unpaired) electrons. The molecular formula is C11H14ClFO2. The molecule has 1 atom stereocenters. The molecule has 1 unspecified atom stereocenters. The van der Waals surface area contributed by atoms with Crippen molar-refractivity contribution in [2.75, 3.05) is 13.2 Å². The van der Waals surface area contributed by atoms with Crippen LogP contribution in [0.25, 0.3) is 0 Å². The molecule has 0 amide bonds. The molecule has 0 fully saturated rings. The minimum Gasteiger partial charge on any atom is -0.386 e. The predicted octanol–water partition coefficient (Wildman–Crippen LogP) is 2.94. The summed E-state index contributed by atoms with van der Waals surface area (Å²) in [5.74, 6) is -0.524. The first-order chi connectivity index (χ1) is 7.16. The van der Waals surface area contributed by atoms with E-state index in [1.54, 1.807) is 6.07 Å². The number of aliphatic hydroxyl groups excluding tert-OH is 1. The van der Waals surface area contributed by atoms with Crippen LogP contribution in [-0.2, 0) is 4.74 Å². The SMILES string of the molecule is CCCOCC(O)c1cccc(F)c1Cl. The summed E-state index contributed by atoms with van der Waals surface area (Å²) < 4.78 is 18.2. The zero-order valence-electron chi connectivity index (χ0n) is 8.54. The summed E-state index contributed by atoms with van der Waals surface area (Å²) in [6.07, 6.45) is 0.00334. The fourth-order valence-corrected chi connectivity index (χ4v) is 1.46. The van der Waals surface area contributed by atoms with Gasteiger partial charge in [0.05, 0.1) is 11.6 Å². The van der Waals surface area contributed by atoms with Gasteiger partial charge in [-0.15, -0.1) is 0 Å². The summed E-state index contributed by atoms with van der Waals surface area (Å²) in [6, 6.07) is 4.36. The van der Waals surface area contributed by atoms with Crippen LogP contribution in [0.1, 0.15) is 25.0 Å². The summed E-state index contributed by atoms with van der Waals surface area (Å²) in [5, 5.41) is 9.64. The van der Waals surface area contributed by atoms with Gasteiger partial charge in [-0.1, -0.05) is 30.7 Å². The molecule has 0 spiro atoms. The van der Waals surface area contributed by atoms with Crippen LogP contribution in [0, 0.1) is 5.82 Å². The Bertz CT molecular complexity index is 317. The minimum absolute atomic E-state index is 0.0369. The van der Waals surface area contributed by atoms with E-state index in [-0.39, 0.29) is 11.6 Å². The van der Waals surface area contributed by atoms with Crippen molar-refractivity contribution in [1.82, 2.24) is 0 Å². The number of aliphatic hydroxyl groups is 1. The highest BCUT2D eigenvalue weighted by atomic mass is 35.5. The Morgan fingerprint density at radius 3 is 2.93 bits per heavy atom. The van der Waals surface area contributed by atoms with Gasteiger partial charge in [0.25, 0.3) is 0 Å². The number of ether oxygens (including phenoxy) is 1. The maximum absolute atomic E-state index is 13.0. The summed E-state index contributed by atoms with van der Waals surface area (Å²) >= 11 is 5.71. The van der Waals surface area contributed by atoms with E-state index in [1.807, 2.05) is 6.92 Å². The van der Waals surface area contributed by atoms with Crippen molar-refractivity contribution in [2.24, 2.45) is 0 Å². The van der Waals surface area contributed by atoms with Crippen molar-refractivity contribution in [3.63, 3.8) is 0 Å². The Kier molecular flexibility index (Phi) is 5.02. The molecule has 1 rings (SSSR count). The second kappa shape index (κ2) is 6.05. The highest BCUT2D eigenvalue weighted by molar-refractivity contribution is 6.31. The van der Waals surface area contributed by atoms with Gasteiger partial charge in [-0.05, 0) is 12.5 Å². The van der Waals surface area contributed by atoms with Gasteiger partial charge in [0.15, 0.2) is 0 Å². The molecule has 2 nitrogen and oxygen atoms in total. The largest absolute Gasteiger partial charge is 0.386 e. The minimum atomic E-state index is -0.875. The number of hydrogen-bond donors (Lipinski definition) is 1. The molecular weight excluding hydrogens is 219 g/mol. The number of rotatable bonds is 5. The molecule has 0 bridgehead atoms. The van der Waals surface area contributed by atoms with Gasteiger partial charge in [-0.3, -0.25) is 0 Å². The summed E-state index contributed by atoms with van der Waals surface area (Å²) in [6.45, 7) is 2.68. The van der Waals surface area contributed by atoms with Crippen LogP contribution in [0.5, 0.6) is 0 Å². The number of hydrogen-bond acceptors (Lipinski definition) is 2.